The highest BCUT2D eigenvalue weighted by molar-refractivity contribution is 6.06. The van der Waals surface area contributed by atoms with Gasteiger partial charge in [0.05, 0.1) is 0 Å². The van der Waals surface area contributed by atoms with E-state index in [1.807, 2.05) is 42.5 Å². The largest absolute Gasteiger partial charge is 0.289 e. The summed E-state index contributed by atoms with van der Waals surface area (Å²) in [6.07, 6.45) is 4.62. The van der Waals surface area contributed by atoms with E-state index in [2.05, 4.69) is 32.9 Å². The second-order valence-electron chi connectivity index (χ2n) is 5.54. The highest BCUT2D eigenvalue weighted by Gasteiger charge is 2.05. The van der Waals surface area contributed by atoms with E-state index < -0.39 is 0 Å². The lowest BCUT2D eigenvalue weighted by Gasteiger charge is -2.08. The van der Waals surface area contributed by atoms with Gasteiger partial charge in [0.1, 0.15) is 0 Å². The first kappa shape index (κ1) is 15.2. The van der Waals surface area contributed by atoms with Gasteiger partial charge in [0.2, 0.25) is 0 Å². The predicted molar refractivity (Wildman–Crippen MR) is 89.7 cm³/mol. The van der Waals surface area contributed by atoms with Crippen molar-refractivity contribution in [2.24, 2.45) is 0 Å². The molecule has 1 unspecified atom stereocenters. The minimum atomic E-state index is 0.0475. The van der Waals surface area contributed by atoms with Gasteiger partial charge in [0, 0.05) is 5.56 Å². The molecule has 0 fully saturated rings. The molecule has 2 aromatic rings. The van der Waals surface area contributed by atoms with Crippen molar-refractivity contribution in [1.29, 1.82) is 0 Å². The molecule has 0 aromatic heterocycles. The normalized spacial score (nSPS) is 12.5. The molecule has 0 amide bonds. The predicted octanol–water partition coefficient (Wildman–Crippen LogP) is 5.40. The average Bonchev–Trinajstić information content (AvgIpc) is 2.53. The molecule has 1 atom stereocenters. The molecule has 1 nitrogen and oxygen atoms in total. The molecular formula is C20H22O. The van der Waals surface area contributed by atoms with Crippen molar-refractivity contribution in [1.82, 2.24) is 0 Å². The fourth-order valence-corrected chi connectivity index (χ4v) is 2.16. The van der Waals surface area contributed by atoms with E-state index >= 15 is 0 Å². The number of ketones is 1. The summed E-state index contributed by atoms with van der Waals surface area (Å²) >= 11 is 0. The fourth-order valence-electron chi connectivity index (χ4n) is 2.16. The van der Waals surface area contributed by atoms with Gasteiger partial charge in [-0.2, -0.15) is 0 Å². The Labute approximate surface area is 127 Å². The maximum absolute atomic E-state index is 12.1. The number of benzene rings is 2. The minimum Gasteiger partial charge on any atom is -0.289 e. The monoisotopic (exact) mass is 278 g/mol. The van der Waals surface area contributed by atoms with Crippen molar-refractivity contribution in [3.63, 3.8) is 0 Å². The first-order valence-corrected chi connectivity index (χ1v) is 7.49. The van der Waals surface area contributed by atoms with Gasteiger partial charge in [-0.1, -0.05) is 74.0 Å². The van der Waals surface area contributed by atoms with Gasteiger partial charge in [-0.3, -0.25) is 4.79 Å². The first-order chi connectivity index (χ1) is 10.1. The van der Waals surface area contributed by atoms with Crippen LogP contribution in [0.2, 0.25) is 0 Å². The third-order valence-electron chi connectivity index (χ3n) is 3.88. The number of allylic oxidation sites excluding steroid dienone is 1. The molecule has 2 rings (SSSR count). The second kappa shape index (κ2) is 7.03. The molecule has 108 valence electrons. The summed E-state index contributed by atoms with van der Waals surface area (Å²) in [5, 5.41) is 0. The highest BCUT2D eigenvalue weighted by Crippen LogP contribution is 2.19. The van der Waals surface area contributed by atoms with E-state index in [0.29, 0.717) is 5.92 Å². The standard InChI is InChI=1S/C20H22O/c1-4-16(3)18-10-12-19(13-11-18)20(21)14-9-17-7-5-15(2)6-8-17/h5-14,16H,4H2,1-3H3. The first-order valence-electron chi connectivity index (χ1n) is 7.49. The van der Waals surface area contributed by atoms with E-state index in [9.17, 15) is 4.79 Å². The molecule has 0 aliphatic heterocycles. The maximum atomic E-state index is 12.1. The van der Waals surface area contributed by atoms with Crippen LogP contribution in [-0.4, -0.2) is 5.78 Å². The Hall–Kier alpha value is -2.15. The van der Waals surface area contributed by atoms with Crippen LogP contribution < -0.4 is 0 Å². The Morgan fingerprint density at radius 1 is 1.05 bits per heavy atom. The van der Waals surface area contributed by atoms with E-state index in [1.54, 1.807) is 6.08 Å². The number of aryl methyl sites for hydroxylation is 1. The van der Waals surface area contributed by atoms with Gasteiger partial charge < -0.3 is 0 Å². The van der Waals surface area contributed by atoms with E-state index in [1.165, 1.54) is 11.1 Å². The van der Waals surface area contributed by atoms with Crippen LogP contribution in [0.3, 0.4) is 0 Å². The smallest absolute Gasteiger partial charge is 0.185 e. The Balaban J connectivity index is 2.08. The zero-order valence-electron chi connectivity index (χ0n) is 13.0. The fraction of sp³-hybridized carbons (Fsp3) is 0.250. The molecule has 1 heteroatoms. The molecule has 0 bridgehead atoms. The van der Waals surface area contributed by atoms with E-state index in [4.69, 9.17) is 0 Å². The Bertz CT molecular complexity index is 618. The van der Waals surface area contributed by atoms with E-state index in [0.717, 1.165) is 17.5 Å². The summed E-state index contributed by atoms with van der Waals surface area (Å²) in [7, 11) is 0. The van der Waals surface area contributed by atoms with Crippen molar-refractivity contribution in [2.75, 3.05) is 0 Å². The van der Waals surface area contributed by atoms with Crippen molar-refractivity contribution >= 4 is 11.9 Å². The Morgan fingerprint density at radius 3 is 2.24 bits per heavy atom. The van der Waals surface area contributed by atoms with Crippen LogP contribution >= 0.6 is 0 Å². The number of carbonyl (C=O) groups is 1. The van der Waals surface area contributed by atoms with Crippen LogP contribution in [0.1, 0.15) is 53.2 Å². The molecule has 0 saturated carbocycles. The lowest BCUT2D eigenvalue weighted by atomic mass is 9.97. The van der Waals surface area contributed by atoms with E-state index in [-0.39, 0.29) is 5.78 Å². The van der Waals surface area contributed by atoms with Crippen LogP contribution in [0.25, 0.3) is 6.08 Å². The van der Waals surface area contributed by atoms with Crippen LogP contribution in [0.5, 0.6) is 0 Å². The molecule has 2 aromatic carbocycles. The molecule has 0 radical (unpaired) electrons. The zero-order chi connectivity index (χ0) is 15.2. The zero-order valence-corrected chi connectivity index (χ0v) is 13.0. The molecule has 0 heterocycles. The van der Waals surface area contributed by atoms with Gasteiger partial charge in [-0.25, -0.2) is 0 Å². The Kier molecular flexibility index (Phi) is 5.10. The lowest BCUT2D eigenvalue weighted by Crippen LogP contribution is -1.96. The van der Waals surface area contributed by atoms with Gasteiger partial charge in [-0.05, 0) is 36.5 Å². The summed E-state index contributed by atoms with van der Waals surface area (Å²) in [4.78, 5) is 12.1. The molecule has 0 aliphatic rings. The maximum Gasteiger partial charge on any atom is 0.185 e. The molecule has 0 spiro atoms. The molecule has 0 N–H and O–H groups in total. The SMILES string of the molecule is CCC(C)c1ccc(C(=O)C=Cc2ccc(C)cc2)cc1. The molecule has 21 heavy (non-hydrogen) atoms. The summed E-state index contributed by atoms with van der Waals surface area (Å²) in [5.41, 5.74) is 4.30. The minimum absolute atomic E-state index is 0.0475. The van der Waals surface area contributed by atoms with Crippen molar-refractivity contribution < 1.29 is 4.79 Å². The third kappa shape index (κ3) is 4.16. The number of rotatable bonds is 5. The van der Waals surface area contributed by atoms with Crippen molar-refractivity contribution in [3.8, 4) is 0 Å². The third-order valence-corrected chi connectivity index (χ3v) is 3.88. The average molecular weight is 278 g/mol. The molecule has 0 saturated heterocycles. The summed E-state index contributed by atoms with van der Waals surface area (Å²) in [6.45, 7) is 6.43. The Morgan fingerprint density at radius 2 is 1.67 bits per heavy atom. The summed E-state index contributed by atoms with van der Waals surface area (Å²) in [6, 6.07) is 16.1. The number of carbonyl (C=O) groups excluding carboxylic acids is 1. The quantitative estimate of drug-likeness (QED) is 0.528. The number of hydrogen-bond acceptors (Lipinski definition) is 1. The number of hydrogen-bond donors (Lipinski definition) is 0. The van der Waals surface area contributed by atoms with Gasteiger partial charge >= 0.3 is 0 Å². The van der Waals surface area contributed by atoms with Crippen molar-refractivity contribution in [3.05, 3.63) is 76.9 Å². The van der Waals surface area contributed by atoms with Gasteiger partial charge in [0.25, 0.3) is 0 Å². The second-order valence-corrected chi connectivity index (χ2v) is 5.54. The lowest BCUT2D eigenvalue weighted by molar-refractivity contribution is 0.104. The van der Waals surface area contributed by atoms with Crippen LogP contribution in [0.15, 0.2) is 54.6 Å². The van der Waals surface area contributed by atoms with Crippen molar-refractivity contribution in [2.45, 2.75) is 33.1 Å². The molecular weight excluding hydrogens is 256 g/mol. The highest BCUT2D eigenvalue weighted by atomic mass is 16.1. The van der Waals surface area contributed by atoms with Crippen LogP contribution in [0.4, 0.5) is 0 Å². The van der Waals surface area contributed by atoms with Crippen LogP contribution in [-0.2, 0) is 0 Å². The topological polar surface area (TPSA) is 17.1 Å². The van der Waals surface area contributed by atoms with Gasteiger partial charge in [-0.15, -0.1) is 0 Å². The van der Waals surface area contributed by atoms with Crippen LogP contribution in [0, 0.1) is 6.92 Å². The summed E-state index contributed by atoms with van der Waals surface area (Å²) in [5.74, 6) is 0.587. The molecule has 0 aliphatic carbocycles. The van der Waals surface area contributed by atoms with Gasteiger partial charge in [0.15, 0.2) is 5.78 Å². The summed E-state index contributed by atoms with van der Waals surface area (Å²) < 4.78 is 0.